The molecule has 256 valence electrons. The fourth-order valence-electron chi connectivity index (χ4n) is 7.28. The van der Waals surface area contributed by atoms with Crippen molar-refractivity contribution in [3.63, 3.8) is 0 Å². The van der Waals surface area contributed by atoms with E-state index < -0.39 is 12.2 Å². The van der Waals surface area contributed by atoms with Gasteiger partial charge in [-0.25, -0.2) is 4.79 Å². The maximum absolute atomic E-state index is 11.6. The van der Waals surface area contributed by atoms with Gasteiger partial charge in [0.1, 0.15) is 6.10 Å². The molecule has 0 aromatic carbocycles. The van der Waals surface area contributed by atoms with Gasteiger partial charge in [-0.1, -0.05) is 90.4 Å². The zero-order valence-electron chi connectivity index (χ0n) is 28.1. The van der Waals surface area contributed by atoms with Crippen molar-refractivity contribution in [1.29, 1.82) is 0 Å². The van der Waals surface area contributed by atoms with Gasteiger partial charge in [0.05, 0.1) is 42.7 Å². The van der Waals surface area contributed by atoms with Crippen molar-refractivity contribution in [2.75, 3.05) is 0 Å². The summed E-state index contributed by atoms with van der Waals surface area (Å²) in [5.74, 6) is -0.123. The van der Waals surface area contributed by atoms with Crippen molar-refractivity contribution in [1.82, 2.24) is 0 Å². The van der Waals surface area contributed by atoms with Crippen LogP contribution in [0.25, 0.3) is 0 Å². The average Bonchev–Trinajstić information content (AvgIpc) is 3.76. The predicted molar refractivity (Wildman–Crippen MR) is 175 cm³/mol. The lowest BCUT2D eigenvalue weighted by Gasteiger charge is -2.24. The van der Waals surface area contributed by atoms with E-state index >= 15 is 0 Å². The van der Waals surface area contributed by atoms with E-state index in [1.54, 1.807) is 0 Å². The Bertz CT molecular complexity index is 801. The summed E-state index contributed by atoms with van der Waals surface area (Å²) in [6.45, 7) is 4.11. The maximum atomic E-state index is 11.6. The van der Waals surface area contributed by atoms with Crippen LogP contribution in [0.2, 0.25) is 0 Å². The topological polar surface area (TPSA) is 105 Å². The lowest BCUT2D eigenvalue weighted by Crippen LogP contribution is -2.33. The first-order chi connectivity index (χ1) is 21.4. The van der Waals surface area contributed by atoms with Crippen LogP contribution in [0.1, 0.15) is 168 Å². The number of ether oxygens (including phenoxy) is 3. The van der Waals surface area contributed by atoms with Gasteiger partial charge in [0, 0.05) is 5.57 Å². The van der Waals surface area contributed by atoms with Gasteiger partial charge in [0.2, 0.25) is 0 Å². The Labute approximate surface area is 268 Å². The number of aliphatic hydroxyl groups excluding tert-OH is 3. The van der Waals surface area contributed by atoms with Crippen molar-refractivity contribution >= 4 is 5.97 Å². The third-order valence-electron chi connectivity index (χ3n) is 10.1. The summed E-state index contributed by atoms with van der Waals surface area (Å²) in [7, 11) is 0. The molecular formula is C37H66O7. The zero-order valence-corrected chi connectivity index (χ0v) is 28.1. The van der Waals surface area contributed by atoms with E-state index in [2.05, 4.69) is 6.92 Å². The molecular weight excluding hydrogens is 556 g/mol. The highest BCUT2D eigenvalue weighted by Gasteiger charge is 2.40. The summed E-state index contributed by atoms with van der Waals surface area (Å²) >= 11 is 0. The molecule has 0 aliphatic carbocycles. The van der Waals surface area contributed by atoms with E-state index in [1.165, 1.54) is 64.2 Å². The lowest BCUT2D eigenvalue weighted by atomic mass is 9.99. The van der Waals surface area contributed by atoms with Gasteiger partial charge < -0.3 is 29.5 Å². The van der Waals surface area contributed by atoms with Crippen LogP contribution in [-0.2, 0) is 19.0 Å². The normalized spacial score (nSPS) is 27.4. The summed E-state index contributed by atoms with van der Waals surface area (Å²) in [5.41, 5.74) is 0.863. The molecule has 0 saturated carbocycles. The van der Waals surface area contributed by atoms with E-state index in [1.807, 2.05) is 13.0 Å². The molecule has 0 aromatic heterocycles. The summed E-state index contributed by atoms with van der Waals surface area (Å²) in [6.07, 6.45) is 25.7. The molecule has 0 radical (unpaired) electrons. The lowest BCUT2D eigenvalue weighted by molar-refractivity contribution is -0.139. The molecule has 0 spiro atoms. The Morgan fingerprint density at radius 2 is 1.14 bits per heavy atom. The molecule has 7 nitrogen and oxygen atoms in total. The summed E-state index contributed by atoms with van der Waals surface area (Å²) in [6, 6.07) is 0. The molecule has 8 atom stereocenters. The molecule has 0 aromatic rings. The molecule has 3 N–H and O–H groups in total. The molecule has 2 fully saturated rings. The van der Waals surface area contributed by atoms with Crippen LogP contribution >= 0.6 is 0 Å². The van der Waals surface area contributed by atoms with Crippen LogP contribution in [0.3, 0.4) is 0 Å². The van der Waals surface area contributed by atoms with Crippen molar-refractivity contribution in [3.8, 4) is 0 Å². The van der Waals surface area contributed by atoms with Crippen molar-refractivity contribution < 1.29 is 34.3 Å². The van der Waals surface area contributed by atoms with Crippen LogP contribution < -0.4 is 0 Å². The number of hydrogen-bond acceptors (Lipinski definition) is 7. The second-order valence-corrected chi connectivity index (χ2v) is 14.0. The first kappa shape index (κ1) is 37.5. The standard InChI is InChI=1S/C37H66O7/c1-3-4-5-15-19-30(38)20-17-22-32(40)34-24-26-36(44-34)35-25-23-33(43-35)31(39)21-16-13-11-9-7-6-8-10-12-14-18-29-27-28(2)42-37(29)41/h27-28,30-36,38-40H,3-26H2,1-2H3/t28-,30-,31+,32+,33?,34+,35?,36+/m0/s1. The number of esters is 1. The number of rotatable bonds is 25. The number of hydrogen-bond donors (Lipinski definition) is 3. The third-order valence-corrected chi connectivity index (χ3v) is 10.1. The minimum Gasteiger partial charge on any atom is -0.455 e. The molecule has 3 aliphatic heterocycles. The SMILES string of the molecule is CCCCCC[C@H](O)CCC[C@@H](O)[C@H]1CC[C@H](C2CCC([C@H](O)CCCCCCCCCCCCC3=C[C@H](C)OC3=O)O2)O1. The van der Waals surface area contributed by atoms with Crippen LogP contribution in [0.5, 0.6) is 0 Å². The number of aliphatic hydroxyl groups is 3. The van der Waals surface area contributed by atoms with E-state index in [0.717, 1.165) is 89.0 Å². The first-order valence-electron chi connectivity index (χ1n) is 18.6. The minimum atomic E-state index is -0.479. The van der Waals surface area contributed by atoms with E-state index in [9.17, 15) is 20.1 Å². The van der Waals surface area contributed by atoms with E-state index in [0.29, 0.717) is 6.42 Å². The summed E-state index contributed by atoms with van der Waals surface area (Å²) < 4.78 is 17.7. The molecule has 3 heterocycles. The summed E-state index contributed by atoms with van der Waals surface area (Å²) in [5, 5.41) is 31.6. The zero-order chi connectivity index (χ0) is 31.6. The highest BCUT2D eigenvalue weighted by atomic mass is 16.6. The Morgan fingerprint density at radius 3 is 1.68 bits per heavy atom. The largest absolute Gasteiger partial charge is 0.455 e. The average molecular weight is 623 g/mol. The maximum Gasteiger partial charge on any atom is 0.334 e. The summed E-state index contributed by atoms with van der Waals surface area (Å²) in [4.78, 5) is 11.6. The van der Waals surface area contributed by atoms with Gasteiger partial charge in [-0.15, -0.1) is 0 Å². The van der Waals surface area contributed by atoms with Crippen LogP contribution in [0.4, 0.5) is 0 Å². The number of carbonyl (C=O) groups excluding carboxylic acids is 1. The van der Waals surface area contributed by atoms with Gasteiger partial charge in [0.25, 0.3) is 0 Å². The van der Waals surface area contributed by atoms with Crippen LogP contribution in [0.15, 0.2) is 11.6 Å². The van der Waals surface area contributed by atoms with Crippen molar-refractivity contribution in [2.45, 2.75) is 217 Å². The Hall–Kier alpha value is -0.990. The molecule has 0 bridgehead atoms. The van der Waals surface area contributed by atoms with Crippen molar-refractivity contribution in [3.05, 3.63) is 11.6 Å². The van der Waals surface area contributed by atoms with E-state index in [-0.39, 0.29) is 42.6 Å². The number of cyclic esters (lactones) is 1. The molecule has 7 heteroatoms. The second kappa shape index (κ2) is 21.7. The fraction of sp³-hybridized carbons (Fsp3) is 0.919. The molecule has 3 rings (SSSR count). The first-order valence-corrected chi connectivity index (χ1v) is 18.6. The van der Waals surface area contributed by atoms with E-state index in [4.69, 9.17) is 14.2 Å². The highest BCUT2D eigenvalue weighted by molar-refractivity contribution is 5.90. The van der Waals surface area contributed by atoms with Gasteiger partial charge in [0.15, 0.2) is 0 Å². The molecule has 44 heavy (non-hydrogen) atoms. The smallest absolute Gasteiger partial charge is 0.334 e. The molecule has 2 saturated heterocycles. The number of carbonyl (C=O) groups is 1. The minimum absolute atomic E-state index is 0.0170. The predicted octanol–water partition coefficient (Wildman–Crippen LogP) is 7.86. The second-order valence-electron chi connectivity index (χ2n) is 14.0. The highest BCUT2D eigenvalue weighted by Crippen LogP contribution is 2.34. The van der Waals surface area contributed by atoms with Crippen LogP contribution in [0, 0.1) is 0 Å². The monoisotopic (exact) mass is 622 g/mol. The fourth-order valence-corrected chi connectivity index (χ4v) is 7.28. The third kappa shape index (κ3) is 14.2. The quantitative estimate of drug-likeness (QED) is 0.0703. The van der Waals surface area contributed by atoms with Gasteiger partial charge >= 0.3 is 5.97 Å². The molecule has 2 unspecified atom stereocenters. The molecule has 3 aliphatic rings. The Kier molecular flexibility index (Phi) is 18.5. The van der Waals surface area contributed by atoms with Crippen LogP contribution in [-0.4, -0.2) is 70.1 Å². The van der Waals surface area contributed by atoms with Gasteiger partial charge in [-0.05, 0) is 83.6 Å². The van der Waals surface area contributed by atoms with Crippen molar-refractivity contribution in [2.24, 2.45) is 0 Å². The Morgan fingerprint density at radius 1 is 0.659 bits per heavy atom. The molecule has 0 amide bonds. The Balaban J connectivity index is 1.13. The van der Waals surface area contributed by atoms with Gasteiger partial charge in [-0.3, -0.25) is 0 Å². The number of unbranched alkanes of at least 4 members (excludes halogenated alkanes) is 12. The van der Waals surface area contributed by atoms with Gasteiger partial charge in [-0.2, -0.15) is 0 Å².